The molecule has 0 spiro atoms. The van der Waals surface area contributed by atoms with Crippen molar-refractivity contribution in [3.8, 4) is 23.3 Å². The first kappa shape index (κ1) is 27.0. The lowest BCUT2D eigenvalue weighted by Crippen LogP contribution is -2.49. The molecule has 1 aliphatic rings. The first-order valence-corrected chi connectivity index (χ1v) is 13.4. The number of hydrogen-bond donors (Lipinski definition) is 1. The van der Waals surface area contributed by atoms with Gasteiger partial charge in [-0.15, -0.1) is 0 Å². The Kier molecular flexibility index (Phi) is 9.20. The van der Waals surface area contributed by atoms with Crippen molar-refractivity contribution in [2.45, 2.75) is 44.2 Å². The topological polar surface area (TPSA) is 79.3 Å². The summed E-state index contributed by atoms with van der Waals surface area (Å²) in [7, 11) is -0.223. The summed E-state index contributed by atoms with van der Waals surface area (Å²) < 4.78 is 40.2. The minimum atomic E-state index is -3.87. The molecule has 1 N–H and O–H groups in total. The van der Waals surface area contributed by atoms with Crippen LogP contribution in [0.1, 0.15) is 38.3 Å². The van der Waals surface area contributed by atoms with Crippen LogP contribution in [0.15, 0.2) is 47.4 Å². The summed E-state index contributed by atoms with van der Waals surface area (Å²) in [5.74, 6) is 7.15. The van der Waals surface area contributed by atoms with Crippen LogP contribution in [0.2, 0.25) is 0 Å². The molecule has 0 unspecified atom stereocenters. The van der Waals surface area contributed by atoms with Gasteiger partial charge < -0.3 is 19.5 Å². The Balaban J connectivity index is 2.05. The Bertz CT molecular complexity index is 1170. The van der Waals surface area contributed by atoms with Crippen LogP contribution >= 0.6 is 0 Å². The third kappa shape index (κ3) is 6.56. The molecule has 1 heterocycles. The van der Waals surface area contributed by atoms with E-state index in [9.17, 15) is 13.5 Å². The smallest absolute Gasteiger partial charge is 0.247 e. The average molecular weight is 501 g/mol. The number of methoxy groups -OCH3 is 1. The second-order valence-corrected chi connectivity index (χ2v) is 11.0. The number of aliphatic hydroxyl groups excluding tert-OH is 1. The summed E-state index contributed by atoms with van der Waals surface area (Å²) in [6.07, 6.45) is 0.788. The van der Waals surface area contributed by atoms with Crippen LogP contribution in [-0.4, -0.2) is 75.3 Å². The second-order valence-electron chi connectivity index (χ2n) is 9.15. The molecule has 0 saturated carbocycles. The fourth-order valence-corrected chi connectivity index (χ4v) is 5.97. The Hall–Kier alpha value is -2.57. The van der Waals surface area contributed by atoms with Crippen LogP contribution in [0.5, 0.6) is 11.5 Å². The number of fused-ring (bicyclic) bond motifs is 1. The zero-order valence-corrected chi connectivity index (χ0v) is 22.0. The van der Waals surface area contributed by atoms with Crippen molar-refractivity contribution in [1.82, 2.24) is 9.21 Å². The molecule has 0 bridgehead atoms. The third-order valence-corrected chi connectivity index (χ3v) is 8.20. The minimum absolute atomic E-state index is 0.0854. The molecule has 0 aliphatic carbocycles. The number of sulfonamides is 1. The van der Waals surface area contributed by atoms with Gasteiger partial charge in [0.25, 0.3) is 0 Å². The fraction of sp³-hybridized carbons (Fsp3) is 0.481. The second kappa shape index (κ2) is 11.9. The van der Waals surface area contributed by atoms with Crippen LogP contribution in [0, 0.1) is 17.8 Å². The molecule has 7 nitrogen and oxygen atoms in total. The van der Waals surface area contributed by atoms with E-state index in [1.807, 2.05) is 38.2 Å². The van der Waals surface area contributed by atoms with E-state index in [2.05, 4.69) is 23.7 Å². The van der Waals surface area contributed by atoms with Gasteiger partial charge in [0, 0.05) is 36.2 Å². The van der Waals surface area contributed by atoms with Gasteiger partial charge in [0.2, 0.25) is 10.0 Å². The molecule has 0 saturated heterocycles. The highest BCUT2D eigenvalue weighted by Crippen LogP contribution is 2.34. The minimum Gasteiger partial charge on any atom is -0.497 e. The van der Waals surface area contributed by atoms with Gasteiger partial charge in [-0.05, 0) is 63.3 Å². The number of benzene rings is 2. The van der Waals surface area contributed by atoms with E-state index in [-0.39, 0.29) is 30.1 Å². The molecule has 190 valence electrons. The Morgan fingerprint density at radius 2 is 1.94 bits per heavy atom. The summed E-state index contributed by atoms with van der Waals surface area (Å²) in [4.78, 5) is 2.29. The number of nitrogens with zero attached hydrogens (tertiary/aromatic N) is 2. The van der Waals surface area contributed by atoms with Gasteiger partial charge in [0.05, 0.1) is 13.7 Å². The standard InChI is InChI=1S/C27H36N2O5S/c1-6-14-28(4)18-26-20(2)17-29(21(3)19-30)35(31,32)27-13-12-23(16-25(27)34-26)11-10-22-8-7-9-24(15-22)33-5/h7-9,12-13,15-16,20-21,26,30H,6,14,17-19H2,1-5H3/t20-,21-,26-/m1/s1. The van der Waals surface area contributed by atoms with Gasteiger partial charge in [-0.3, -0.25) is 0 Å². The lowest BCUT2D eigenvalue weighted by Gasteiger charge is -2.37. The highest BCUT2D eigenvalue weighted by Gasteiger charge is 2.38. The molecule has 2 aromatic rings. The summed E-state index contributed by atoms with van der Waals surface area (Å²) in [6.45, 7) is 7.43. The Labute approximate surface area is 209 Å². The molecular formula is C27H36N2O5S. The average Bonchev–Trinajstić information content (AvgIpc) is 2.84. The predicted molar refractivity (Wildman–Crippen MR) is 137 cm³/mol. The molecule has 35 heavy (non-hydrogen) atoms. The fourth-order valence-electron chi connectivity index (χ4n) is 4.15. The van der Waals surface area contributed by atoms with Gasteiger partial charge in [-0.25, -0.2) is 8.42 Å². The maximum Gasteiger partial charge on any atom is 0.247 e. The van der Waals surface area contributed by atoms with Gasteiger partial charge in [-0.2, -0.15) is 4.31 Å². The predicted octanol–water partition coefficient (Wildman–Crippen LogP) is 3.21. The zero-order chi connectivity index (χ0) is 25.6. The van der Waals surface area contributed by atoms with Gasteiger partial charge in [0.1, 0.15) is 22.5 Å². The van der Waals surface area contributed by atoms with Gasteiger partial charge in [0.15, 0.2) is 0 Å². The highest BCUT2D eigenvalue weighted by atomic mass is 32.2. The maximum atomic E-state index is 13.6. The largest absolute Gasteiger partial charge is 0.497 e. The van der Waals surface area contributed by atoms with Gasteiger partial charge >= 0.3 is 0 Å². The lowest BCUT2D eigenvalue weighted by molar-refractivity contribution is 0.0752. The molecule has 0 fully saturated rings. The van der Waals surface area contributed by atoms with E-state index in [4.69, 9.17) is 9.47 Å². The number of ether oxygens (including phenoxy) is 2. The monoisotopic (exact) mass is 500 g/mol. The number of likely N-dealkylation sites (N-methyl/N-ethyl adjacent to an activating group) is 1. The SMILES string of the molecule is CCCN(C)C[C@H]1Oc2cc(C#Cc3cccc(OC)c3)ccc2S(=O)(=O)N([C@H](C)CO)C[C@H]1C. The van der Waals surface area contributed by atoms with E-state index < -0.39 is 16.1 Å². The van der Waals surface area contributed by atoms with Crippen molar-refractivity contribution in [2.24, 2.45) is 5.92 Å². The van der Waals surface area contributed by atoms with Crippen molar-refractivity contribution in [3.63, 3.8) is 0 Å². The van der Waals surface area contributed by atoms with Crippen molar-refractivity contribution < 1.29 is 23.0 Å². The molecule has 0 aromatic heterocycles. The highest BCUT2D eigenvalue weighted by molar-refractivity contribution is 7.89. The lowest BCUT2D eigenvalue weighted by atomic mass is 10.0. The van der Waals surface area contributed by atoms with Crippen LogP contribution in [0.3, 0.4) is 0 Å². The summed E-state index contributed by atoms with van der Waals surface area (Å²) >= 11 is 0. The third-order valence-electron chi connectivity index (χ3n) is 6.18. The van der Waals surface area contributed by atoms with Crippen molar-refractivity contribution in [1.29, 1.82) is 0 Å². The number of rotatable bonds is 7. The molecule has 1 aliphatic heterocycles. The van der Waals surface area contributed by atoms with E-state index in [0.29, 0.717) is 17.9 Å². The maximum absolute atomic E-state index is 13.6. The van der Waals surface area contributed by atoms with Crippen LogP contribution in [0.4, 0.5) is 0 Å². The number of aliphatic hydroxyl groups is 1. The van der Waals surface area contributed by atoms with Crippen LogP contribution < -0.4 is 9.47 Å². The van der Waals surface area contributed by atoms with Gasteiger partial charge in [-0.1, -0.05) is 31.8 Å². The van der Waals surface area contributed by atoms with E-state index in [0.717, 1.165) is 24.3 Å². The van der Waals surface area contributed by atoms with Crippen molar-refractivity contribution in [2.75, 3.05) is 40.4 Å². The van der Waals surface area contributed by atoms with E-state index in [1.54, 1.807) is 32.2 Å². The molecule has 0 amide bonds. The molecule has 2 aromatic carbocycles. The van der Waals surface area contributed by atoms with E-state index in [1.165, 1.54) is 4.31 Å². The normalized spacial score (nSPS) is 20.5. The quantitative estimate of drug-likeness (QED) is 0.589. The molecule has 3 atom stereocenters. The summed E-state index contributed by atoms with van der Waals surface area (Å²) in [6, 6.07) is 11.9. The van der Waals surface area contributed by atoms with Crippen LogP contribution in [0.25, 0.3) is 0 Å². The summed E-state index contributed by atoms with van der Waals surface area (Å²) in [5.41, 5.74) is 1.44. The summed E-state index contributed by atoms with van der Waals surface area (Å²) in [5, 5.41) is 9.78. The molecular weight excluding hydrogens is 464 g/mol. The van der Waals surface area contributed by atoms with Crippen molar-refractivity contribution in [3.05, 3.63) is 53.6 Å². The van der Waals surface area contributed by atoms with Crippen molar-refractivity contribution >= 4 is 10.0 Å². The molecule has 8 heteroatoms. The Morgan fingerprint density at radius 3 is 2.60 bits per heavy atom. The zero-order valence-electron chi connectivity index (χ0n) is 21.2. The van der Waals surface area contributed by atoms with E-state index >= 15 is 0 Å². The van der Waals surface area contributed by atoms with Crippen LogP contribution in [-0.2, 0) is 10.0 Å². The first-order valence-electron chi connectivity index (χ1n) is 12.0. The molecule has 3 rings (SSSR count). The first-order chi connectivity index (χ1) is 16.7. The number of hydrogen-bond acceptors (Lipinski definition) is 6. The Morgan fingerprint density at radius 1 is 1.23 bits per heavy atom. The molecule has 0 radical (unpaired) electrons.